The standard InChI is InChI=1S/C10H12N4O3S/c1-2-17-8-3-5-9(6-4-8)18(15,16)13-10-7-11-14-12-10/h3-7H,2H2,1H3,(H2,11,12,13,14). The van der Waals surface area contributed by atoms with Gasteiger partial charge < -0.3 is 4.74 Å². The van der Waals surface area contributed by atoms with Crippen LogP contribution in [0, 0.1) is 0 Å². The van der Waals surface area contributed by atoms with Gasteiger partial charge >= 0.3 is 0 Å². The van der Waals surface area contributed by atoms with Gasteiger partial charge in [-0.2, -0.15) is 10.3 Å². The van der Waals surface area contributed by atoms with Crippen molar-refractivity contribution in [2.24, 2.45) is 0 Å². The van der Waals surface area contributed by atoms with Crippen LogP contribution in [-0.4, -0.2) is 30.4 Å². The third-order valence-electron chi connectivity index (χ3n) is 2.10. The van der Waals surface area contributed by atoms with E-state index in [1.54, 1.807) is 12.1 Å². The first-order chi connectivity index (χ1) is 8.62. The number of nitrogens with one attached hydrogen (secondary N) is 2. The number of nitrogens with zero attached hydrogens (tertiary/aromatic N) is 2. The molecule has 0 unspecified atom stereocenters. The van der Waals surface area contributed by atoms with E-state index in [9.17, 15) is 8.42 Å². The molecule has 96 valence electrons. The van der Waals surface area contributed by atoms with Crippen LogP contribution in [-0.2, 0) is 10.0 Å². The molecule has 1 aromatic carbocycles. The largest absolute Gasteiger partial charge is 0.494 e. The smallest absolute Gasteiger partial charge is 0.263 e. The Balaban J connectivity index is 2.19. The predicted octanol–water partition coefficient (Wildman–Crippen LogP) is 1.00. The van der Waals surface area contributed by atoms with E-state index >= 15 is 0 Å². The molecule has 2 aromatic rings. The maximum Gasteiger partial charge on any atom is 0.263 e. The highest BCUT2D eigenvalue weighted by Gasteiger charge is 2.15. The van der Waals surface area contributed by atoms with Crippen molar-refractivity contribution in [3.8, 4) is 5.75 Å². The zero-order valence-corrected chi connectivity index (χ0v) is 10.4. The average Bonchev–Trinajstić information content (AvgIpc) is 2.82. The molecule has 2 rings (SSSR count). The molecule has 0 saturated heterocycles. The Hall–Kier alpha value is -2.09. The first-order valence-corrected chi connectivity index (χ1v) is 6.71. The third kappa shape index (κ3) is 2.77. The van der Waals surface area contributed by atoms with Crippen molar-refractivity contribution < 1.29 is 13.2 Å². The number of rotatable bonds is 5. The molecule has 1 aromatic heterocycles. The lowest BCUT2D eigenvalue weighted by Gasteiger charge is -2.06. The highest BCUT2D eigenvalue weighted by molar-refractivity contribution is 7.92. The molecule has 8 heteroatoms. The fourth-order valence-electron chi connectivity index (χ4n) is 1.33. The van der Waals surface area contributed by atoms with E-state index in [1.807, 2.05) is 6.92 Å². The molecule has 0 spiro atoms. The van der Waals surface area contributed by atoms with Crippen LogP contribution >= 0.6 is 0 Å². The van der Waals surface area contributed by atoms with Gasteiger partial charge in [0.1, 0.15) is 5.75 Å². The Morgan fingerprint density at radius 2 is 2.06 bits per heavy atom. The van der Waals surface area contributed by atoms with Crippen LogP contribution in [0.1, 0.15) is 6.92 Å². The monoisotopic (exact) mass is 268 g/mol. The first-order valence-electron chi connectivity index (χ1n) is 5.23. The van der Waals surface area contributed by atoms with Gasteiger partial charge in [0, 0.05) is 0 Å². The Kier molecular flexibility index (Phi) is 3.47. The van der Waals surface area contributed by atoms with Crippen molar-refractivity contribution in [2.75, 3.05) is 11.3 Å². The van der Waals surface area contributed by atoms with Crippen LogP contribution in [0.5, 0.6) is 5.75 Å². The quantitative estimate of drug-likeness (QED) is 0.843. The minimum atomic E-state index is -3.64. The van der Waals surface area contributed by atoms with Gasteiger partial charge in [-0.1, -0.05) is 0 Å². The van der Waals surface area contributed by atoms with Gasteiger partial charge in [0.25, 0.3) is 10.0 Å². The Labute approximate surface area is 104 Å². The summed E-state index contributed by atoms with van der Waals surface area (Å²) < 4.78 is 31.4. The molecule has 0 aliphatic rings. The lowest BCUT2D eigenvalue weighted by atomic mass is 10.3. The van der Waals surface area contributed by atoms with Gasteiger partial charge in [0.2, 0.25) is 0 Å². The molecule has 7 nitrogen and oxygen atoms in total. The molecule has 0 atom stereocenters. The molecule has 2 N–H and O–H groups in total. The van der Waals surface area contributed by atoms with E-state index in [-0.39, 0.29) is 10.7 Å². The molecule has 1 heterocycles. The zero-order chi connectivity index (χ0) is 13.0. The van der Waals surface area contributed by atoms with E-state index in [2.05, 4.69) is 20.1 Å². The summed E-state index contributed by atoms with van der Waals surface area (Å²) >= 11 is 0. The summed E-state index contributed by atoms with van der Waals surface area (Å²) in [6.07, 6.45) is 1.28. The van der Waals surface area contributed by atoms with E-state index in [1.165, 1.54) is 18.3 Å². The first kappa shape index (κ1) is 12.4. The van der Waals surface area contributed by atoms with E-state index in [0.29, 0.717) is 12.4 Å². The molecule has 0 radical (unpaired) electrons. The highest BCUT2D eigenvalue weighted by atomic mass is 32.2. The summed E-state index contributed by atoms with van der Waals surface area (Å²) in [5, 5.41) is 9.46. The number of hydrogen-bond donors (Lipinski definition) is 2. The zero-order valence-electron chi connectivity index (χ0n) is 9.62. The van der Waals surface area contributed by atoms with E-state index < -0.39 is 10.0 Å². The summed E-state index contributed by atoms with van der Waals surface area (Å²) in [5.41, 5.74) is 0. The number of hydrogen-bond acceptors (Lipinski definition) is 5. The molecule has 0 saturated carbocycles. The van der Waals surface area contributed by atoms with Crippen molar-refractivity contribution in [2.45, 2.75) is 11.8 Å². The van der Waals surface area contributed by atoms with Gasteiger partial charge in [-0.25, -0.2) is 8.42 Å². The van der Waals surface area contributed by atoms with Crippen LogP contribution in [0.2, 0.25) is 0 Å². The Morgan fingerprint density at radius 3 is 2.61 bits per heavy atom. The highest BCUT2D eigenvalue weighted by Crippen LogP contribution is 2.17. The van der Waals surface area contributed by atoms with Crippen LogP contribution in [0.25, 0.3) is 0 Å². The number of benzene rings is 1. The summed E-state index contributed by atoms with van der Waals surface area (Å²) in [6, 6.07) is 6.13. The number of aromatic nitrogens is 3. The lowest BCUT2D eigenvalue weighted by Crippen LogP contribution is -2.13. The SMILES string of the molecule is CCOc1ccc(S(=O)(=O)Nc2cn[nH]n2)cc1. The number of aromatic amines is 1. The van der Waals surface area contributed by atoms with Crippen molar-refractivity contribution in [1.82, 2.24) is 15.4 Å². The number of sulfonamides is 1. The van der Waals surface area contributed by atoms with Crippen molar-refractivity contribution in [3.05, 3.63) is 30.5 Å². The van der Waals surface area contributed by atoms with Crippen molar-refractivity contribution in [1.29, 1.82) is 0 Å². The van der Waals surface area contributed by atoms with Crippen molar-refractivity contribution in [3.63, 3.8) is 0 Å². The molecule has 0 aliphatic carbocycles. The van der Waals surface area contributed by atoms with Crippen LogP contribution < -0.4 is 9.46 Å². The molecule has 0 amide bonds. The second-order valence-corrected chi connectivity index (χ2v) is 5.05. The van der Waals surface area contributed by atoms with Crippen LogP contribution in [0.4, 0.5) is 5.82 Å². The van der Waals surface area contributed by atoms with Crippen LogP contribution in [0.15, 0.2) is 35.4 Å². The Bertz CT molecular complexity index is 593. The van der Waals surface area contributed by atoms with Gasteiger partial charge in [-0.3, -0.25) is 4.72 Å². The molecule has 0 fully saturated rings. The summed E-state index contributed by atoms with van der Waals surface area (Å²) in [6.45, 7) is 2.39. The number of anilines is 1. The normalized spacial score (nSPS) is 11.2. The van der Waals surface area contributed by atoms with Gasteiger partial charge in [0.15, 0.2) is 5.82 Å². The maximum absolute atomic E-state index is 11.9. The fraction of sp³-hybridized carbons (Fsp3) is 0.200. The second-order valence-electron chi connectivity index (χ2n) is 3.37. The van der Waals surface area contributed by atoms with E-state index in [4.69, 9.17) is 4.74 Å². The topological polar surface area (TPSA) is 97.0 Å². The average molecular weight is 268 g/mol. The second kappa shape index (κ2) is 5.05. The number of H-pyrrole nitrogens is 1. The third-order valence-corrected chi connectivity index (χ3v) is 3.47. The number of ether oxygens (including phenoxy) is 1. The van der Waals surface area contributed by atoms with Gasteiger partial charge in [-0.05, 0) is 31.2 Å². The van der Waals surface area contributed by atoms with Gasteiger partial charge in [0.05, 0.1) is 17.7 Å². The summed E-state index contributed by atoms with van der Waals surface area (Å²) in [4.78, 5) is 0.133. The minimum Gasteiger partial charge on any atom is -0.494 e. The predicted molar refractivity (Wildman–Crippen MR) is 64.8 cm³/mol. The van der Waals surface area contributed by atoms with E-state index in [0.717, 1.165) is 0 Å². The van der Waals surface area contributed by atoms with Crippen LogP contribution in [0.3, 0.4) is 0 Å². The van der Waals surface area contributed by atoms with Crippen molar-refractivity contribution >= 4 is 15.8 Å². The molecule has 0 bridgehead atoms. The lowest BCUT2D eigenvalue weighted by molar-refractivity contribution is 0.340. The summed E-state index contributed by atoms with van der Waals surface area (Å²) in [7, 11) is -3.64. The Morgan fingerprint density at radius 1 is 1.33 bits per heavy atom. The molecule has 0 aliphatic heterocycles. The minimum absolute atomic E-state index is 0.133. The maximum atomic E-state index is 11.9. The molecule has 18 heavy (non-hydrogen) atoms. The molecular formula is C10H12N4O3S. The summed E-state index contributed by atoms with van der Waals surface area (Å²) in [5.74, 6) is 0.766. The van der Waals surface area contributed by atoms with Gasteiger partial charge in [-0.15, -0.1) is 5.10 Å². The fourth-order valence-corrected chi connectivity index (χ4v) is 2.31. The molecular weight excluding hydrogens is 256 g/mol.